The first-order valence-corrected chi connectivity index (χ1v) is 13.1. The summed E-state index contributed by atoms with van der Waals surface area (Å²) < 4.78 is 99.9. The standard InChI is InChI=1S/C28H32F7N3O2/c1-18-15-37(16-19(2)40-18)8-7-36-9-10-38(25(17-36)11-20-3-5-24(29)6-4-20)26(39)21-12-22(27(30,31)32)14-23(13-21)28(33,34)35/h3-6,12-14,18-19,25H,7-11,15-17H2,1-2H3/t18?,19?,25-/m1/s1. The van der Waals surface area contributed by atoms with Crippen molar-refractivity contribution in [2.45, 2.75) is 50.9 Å². The fourth-order valence-corrected chi connectivity index (χ4v) is 5.45. The summed E-state index contributed by atoms with van der Waals surface area (Å²) in [4.78, 5) is 19.2. The number of halogens is 7. The van der Waals surface area contributed by atoms with Crippen molar-refractivity contribution in [1.29, 1.82) is 0 Å². The molecule has 2 aliphatic heterocycles. The lowest BCUT2D eigenvalue weighted by Gasteiger charge is -2.43. The number of carbonyl (C=O) groups is 1. The van der Waals surface area contributed by atoms with Gasteiger partial charge in [-0.1, -0.05) is 12.1 Å². The lowest BCUT2D eigenvalue weighted by atomic mass is 9.99. The first kappa shape index (κ1) is 30.3. The molecule has 4 rings (SSSR count). The normalized spacial score (nSPS) is 23.4. The van der Waals surface area contributed by atoms with E-state index in [1.54, 1.807) is 12.1 Å². The third-order valence-electron chi connectivity index (χ3n) is 7.27. The van der Waals surface area contributed by atoms with Gasteiger partial charge in [-0.2, -0.15) is 26.3 Å². The molecule has 0 bridgehead atoms. The molecule has 2 aromatic rings. The van der Waals surface area contributed by atoms with Gasteiger partial charge in [-0.25, -0.2) is 4.39 Å². The van der Waals surface area contributed by atoms with Gasteiger partial charge in [-0.15, -0.1) is 0 Å². The van der Waals surface area contributed by atoms with Gasteiger partial charge in [-0.05, 0) is 56.2 Å². The molecule has 220 valence electrons. The van der Waals surface area contributed by atoms with Crippen molar-refractivity contribution in [2.75, 3.05) is 45.8 Å². The highest BCUT2D eigenvalue weighted by atomic mass is 19.4. The molecule has 2 aromatic carbocycles. The maximum Gasteiger partial charge on any atom is 0.416 e. The molecule has 0 aliphatic carbocycles. The Kier molecular flexibility index (Phi) is 9.11. The topological polar surface area (TPSA) is 36.0 Å². The van der Waals surface area contributed by atoms with E-state index in [1.807, 2.05) is 13.8 Å². The van der Waals surface area contributed by atoms with E-state index >= 15 is 0 Å². The van der Waals surface area contributed by atoms with Crippen molar-refractivity contribution in [3.63, 3.8) is 0 Å². The van der Waals surface area contributed by atoms with Crippen LogP contribution in [0.25, 0.3) is 0 Å². The summed E-state index contributed by atoms with van der Waals surface area (Å²) in [6.45, 7) is 7.88. The van der Waals surface area contributed by atoms with E-state index in [-0.39, 0.29) is 31.2 Å². The molecule has 0 radical (unpaired) electrons. The largest absolute Gasteiger partial charge is 0.416 e. The summed E-state index contributed by atoms with van der Waals surface area (Å²) in [6.07, 6.45) is -9.66. The first-order chi connectivity index (χ1) is 18.7. The van der Waals surface area contributed by atoms with E-state index in [0.29, 0.717) is 37.3 Å². The average molecular weight is 576 g/mol. The third-order valence-corrected chi connectivity index (χ3v) is 7.27. The zero-order valence-corrected chi connectivity index (χ0v) is 22.2. The fourth-order valence-electron chi connectivity index (χ4n) is 5.45. The van der Waals surface area contributed by atoms with E-state index in [9.17, 15) is 35.5 Å². The van der Waals surface area contributed by atoms with Crippen LogP contribution < -0.4 is 0 Å². The fraction of sp³-hybridized carbons (Fsp3) is 0.536. The third kappa shape index (κ3) is 7.73. The monoisotopic (exact) mass is 575 g/mol. The summed E-state index contributed by atoms with van der Waals surface area (Å²) in [5, 5.41) is 0. The molecular formula is C28H32F7N3O2. The maximum atomic E-state index is 13.5. The highest BCUT2D eigenvalue weighted by Gasteiger charge is 2.39. The molecule has 2 saturated heterocycles. The van der Waals surface area contributed by atoms with Crippen LogP contribution in [-0.4, -0.2) is 84.7 Å². The van der Waals surface area contributed by atoms with Gasteiger partial charge in [0, 0.05) is 57.4 Å². The van der Waals surface area contributed by atoms with Gasteiger partial charge < -0.3 is 9.64 Å². The Labute approximate surface area is 228 Å². The molecule has 12 heteroatoms. The van der Waals surface area contributed by atoms with Crippen molar-refractivity contribution in [1.82, 2.24) is 14.7 Å². The predicted molar refractivity (Wildman–Crippen MR) is 134 cm³/mol. The molecule has 0 N–H and O–H groups in total. The van der Waals surface area contributed by atoms with Crippen molar-refractivity contribution in [3.8, 4) is 0 Å². The van der Waals surface area contributed by atoms with Gasteiger partial charge in [0.1, 0.15) is 5.82 Å². The number of nitrogens with zero attached hydrogens (tertiary/aromatic N) is 3. The molecule has 40 heavy (non-hydrogen) atoms. The van der Waals surface area contributed by atoms with Crippen LogP contribution in [0.5, 0.6) is 0 Å². The molecule has 2 unspecified atom stereocenters. The van der Waals surface area contributed by atoms with Crippen LogP contribution in [-0.2, 0) is 23.5 Å². The van der Waals surface area contributed by atoms with Crippen molar-refractivity contribution >= 4 is 5.91 Å². The Morgan fingerprint density at radius 3 is 1.93 bits per heavy atom. The van der Waals surface area contributed by atoms with Crippen LogP contribution in [0.15, 0.2) is 42.5 Å². The number of benzene rings is 2. The molecule has 3 atom stereocenters. The van der Waals surface area contributed by atoms with Crippen LogP contribution in [0.2, 0.25) is 0 Å². The van der Waals surface area contributed by atoms with E-state index in [0.717, 1.165) is 19.6 Å². The zero-order valence-electron chi connectivity index (χ0n) is 22.2. The molecule has 1 amide bonds. The Hall–Kier alpha value is -2.70. The summed E-state index contributed by atoms with van der Waals surface area (Å²) in [6, 6.07) is 6.06. The molecule has 5 nitrogen and oxygen atoms in total. The lowest BCUT2D eigenvalue weighted by molar-refractivity contribution is -0.143. The summed E-state index contributed by atoms with van der Waals surface area (Å²) in [5.41, 5.74) is -3.04. The van der Waals surface area contributed by atoms with Crippen molar-refractivity contribution in [2.24, 2.45) is 0 Å². The van der Waals surface area contributed by atoms with Crippen LogP contribution >= 0.6 is 0 Å². The Balaban J connectivity index is 1.56. The molecule has 2 fully saturated rings. The summed E-state index contributed by atoms with van der Waals surface area (Å²) in [5.74, 6) is -1.35. The van der Waals surface area contributed by atoms with Crippen LogP contribution in [0, 0.1) is 5.82 Å². The smallest absolute Gasteiger partial charge is 0.373 e. The quantitative estimate of drug-likeness (QED) is 0.436. The maximum absolute atomic E-state index is 13.5. The van der Waals surface area contributed by atoms with Gasteiger partial charge >= 0.3 is 12.4 Å². The van der Waals surface area contributed by atoms with Gasteiger partial charge in [-0.3, -0.25) is 14.6 Å². The minimum atomic E-state index is -5.06. The molecule has 0 spiro atoms. The molecule has 0 aromatic heterocycles. The summed E-state index contributed by atoms with van der Waals surface area (Å²) >= 11 is 0. The number of piperazine rings is 1. The minimum Gasteiger partial charge on any atom is -0.373 e. The molecule has 2 aliphatic rings. The molecule has 0 saturated carbocycles. The number of hydrogen-bond donors (Lipinski definition) is 0. The van der Waals surface area contributed by atoms with E-state index in [2.05, 4.69) is 9.80 Å². The van der Waals surface area contributed by atoms with E-state index in [1.165, 1.54) is 17.0 Å². The molecule has 2 heterocycles. The van der Waals surface area contributed by atoms with Crippen molar-refractivity contribution in [3.05, 3.63) is 70.5 Å². The number of carbonyl (C=O) groups excluding carboxylic acids is 1. The van der Waals surface area contributed by atoms with Gasteiger partial charge in [0.05, 0.1) is 23.3 Å². The second-order valence-electron chi connectivity index (χ2n) is 10.6. The second-order valence-corrected chi connectivity index (χ2v) is 10.6. The SMILES string of the molecule is CC1CN(CCN2CCN(C(=O)c3cc(C(F)(F)F)cc(C(F)(F)F)c3)[C@H](Cc3ccc(F)cc3)C2)CC(C)O1. The number of ether oxygens (including phenoxy) is 1. The van der Waals surface area contributed by atoms with Crippen LogP contribution in [0.4, 0.5) is 30.7 Å². The Morgan fingerprint density at radius 1 is 0.825 bits per heavy atom. The zero-order chi connectivity index (χ0) is 29.2. The highest BCUT2D eigenvalue weighted by molar-refractivity contribution is 5.95. The van der Waals surface area contributed by atoms with Crippen LogP contribution in [0.3, 0.4) is 0 Å². The number of hydrogen-bond acceptors (Lipinski definition) is 4. The molecular weight excluding hydrogens is 543 g/mol. The number of rotatable bonds is 6. The van der Waals surface area contributed by atoms with Gasteiger partial charge in [0.2, 0.25) is 0 Å². The van der Waals surface area contributed by atoms with Crippen molar-refractivity contribution < 1.29 is 40.3 Å². The van der Waals surface area contributed by atoms with E-state index in [4.69, 9.17) is 4.74 Å². The van der Waals surface area contributed by atoms with Crippen LogP contribution in [0.1, 0.15) is 40.9 Å². The predicted octanol–water partition coefficient (Wildman–Crippen LogP) is 5.34. The lowest BCUT2D eigenvalue weighted by Crippen LogP contribution is -2.57. The van der Waals surface area contributed by atoms with E-state index < -0.39 is 46.8 Å². The number of alkyl halides is 6. The number of amides is 1. The van der Waals surface area contributed by atoms with Gasteiger partial charge in [0.25, 0.3) is 5.91 Å². The second kappa shape index (κ2) is 12.0. The Morgan fingerprint density at radius 2 is 1.38 bits per heavy atom. The Bertz CT molecular complexity index is 1130. The first-order valence-electron chi connectivity index (χ1n) is 13.1. The van der Waals surface area contributed by atoms with Gasteiger partial charge in [0.15, 0.2) is 0 Å². The average Bonchev–Trinajstić information content (AvgIpc) is 2.87. The minimum absolute atomic E-state index is 0.0120. The highest BCUT2D eigenvalue weighted by Crippen LogP contribution is 2.37. The number of morpholine rings is 1. The summed E-state index contributed by atoms with van der Waals surface area (Å²) in [7, 11) is 0.